The summed E-state index contributed by atoms with van der Waals surface area (Å²) >= 11 is 6.06. The van der Waals surface area contributed by atoms with Crippen molar-refractivity contribution in [2.24, 2.45) is 7.05 Å². The number of sulfonamides is 1. The van der Waals surface area contributed by atoms with E-state index in [4.69, 9.17) is 11.6 Å². The van der Waals surface area contributed by atoms with Crippen molar-refractivity contribution in [3.8, 4) is 0 Å². The molecule has 1 amide bonds. The molecule has 9 heteroatoms. The molecule has 0 spiro atoms. The Morgan fingerprint density at radius 3 is 2.59 bits per heavy atom. The first kappa shape index (κ1) is 19.9. The molecule has 27 heavy (non-hydrogen) atoms. The minimum atomic E-state index is -3.81. The van der Waals surface area contributed by atoms with Crippen LogP contribution in [-0.4, -0.2) is 42.1 Å². The predicted molar refractivity (Wildman–Crippen MR) is 103 cm³/mol. The molecule has 146 valence electrons. The molecular weight excluding hydrogens is 388 g/mol. The molecule has 2 aromatic rings. The first-order valence-corrected chi connectivity index (χ1v) is 10.7. The first-order valence-electron chi connectivity index (χ1n) is 8.86. The fourth-order valence-electron chi connectivity index (χ4n) is 3.26. The zero-order valence-electron chi connectivity index (χ0n) is 15.4. The van der Waals surface area contributed by atoms with Crippen LogP contribution in [0.1, 0.15) is 40.9 Å². The lowest BCUT2D eigenvalue weighted by Gasteiger charge is -2.26. The van der Waals surface area contributed by atoms with Gasteiger partial charge in [0, 0.05) is 32.2 Å². The Kier molecular flexibility index (Phi) is 5.88. The lowest BCUT2D eigenvalue weighted by molar-refractivity contribution is 0.0724. The van der Waals surface area contributed by atoms with E-state index in [2.05, 4.69) is 9.82 Å². The number of halogens is 1. The maximum absolute atomic E-state index is 12.6. The second-order valence-electron chi connectivity index (χ2n) is 6.71. The molecule has 1 N–H and O–H groups in total. The number of hydrogen-bond donors (Lipinski definition) is 1. The van der Waals surface area contributed by atoms with Crippen LogP contribution >= 0.6 is 11.6 Å². The lowest BCUT2D eigenvalue weighted by Crippen LogP contribution is -2.35. The number of benzene rings is 1. The van der Waals surface area contributed by atoms with Gasteiger partial charge in [-0.2, -0.15) is 5.10 Å². The SMILES string of the molecule is Cc1nn(C)c(Cl)c1S(=O)(=O)NCc1cccc(C(=O)N2CCCCC2)c1. The summed E-state index contributed by atoms with van der Waals surface area (Å²) < 4.78 is 29.1. The highest BCUT2D eigenvalue weighted by atomic mass is 35.5. The third kappa shape index (κ3) is 4.34. The van der Waals surface area contributed by atoms with Gasteiger partial charge in [0.2, 0.25) is 10.0 Å². The van der Waals surface area contributed by atoms with E-state index in [1.807, 2.05) is 4.90 Å². The van der Waals surface area contributed by atoms with E-state index in [1.54, 1.807) is 38.2 Å². The molecule has 0 radical (unpaired) electrons. The maximum atomic E-state index is 12.6. The van der Waals surface area contributed by atoms with Crippen LogP contribution in [0.25, 0.3) is 0 Å². The molecule has 7 nitrogen and oxygen atoms in total. The fourth-order valence-corrected chi connectivity index (χ4v) is 5.02. The number of hydrogen-bond acceptors (Lipinski definition) is 4. The van der Waals surface area contributed by atoms with Gasteiger partial charge in [-0.3, -0.25) is 9.48 Å². The third-order valence-electron chi connectivity index (χ3n) is 4.65. The van der Waals surface area contributed by atoms with Gasteiger partial charge in [-0.25, -0.2) is 13.1 Å². The largest absolute Gasteiger partial charge is 0.339 e. The zero-order valence-corrected chi connectivity index (χ0v) is 17.0. The van der Waals surface area contributed by atoms with Crippen LogP contribution in [-0.2, 0) is 23.6 Å². The van der Waals surface area contributed by atoms with E-state index < -0.39 is 10.0 Å². The topological polar surface area (TPSA) is 84.3 Å². The van der Waals surface area contributed by atoms with Crippen molar-refractivity contribution in [2.45, 2.75) is 37.6 Å². The van der Waals surface area contributed by atoms with E-state index in [-0.39, 0.29) is 22.5 Å². The Morgan fingerprint density at radius 2 is 1.96 bits per heavy atom. The highest BCUT2D eigenvalue weighted by molar-refractivity contribution is 7.89. The molecule has 1 aromatic carbocycles. The van der Waals surface area contributed by atoms with Crippen LogP contribution < -0.4 is 4.72 Å². The number of likely N-dealkylation sites (tertiary alicyclic amines) is 1. The summed E-state index contributed by atoms with van der Waals surface area (Å²) in [6.07, 6.45) is 3.20. The number of amides is 1. The van der Waals surface area contributed by atoms with Crippen LogP contribution in [0.15, 0.2) is 29.2 Å². The number of piperidine rings is 1. The average Bonchev–Trinajstić information content (AvgIpc) is 2.93. The Morgan fingerprint density at radius 1 is 1.26 bits per heavy atom. The molecule has 1 saturated heterocycles. The van der Waals surface area contributed by atoms with Crippen LogP contribution in [0.4, 0.5) is 0 Å². The van der Waals surface area contributed by atoms with Crippen molar-refractivity contribution in [1.82, 2.24) is 19.4 Å². The molecule has 0 aliphatic carbocycles. The van der Waals surface area contributed by atoms with Crippen LogP contribution in [0.2, 0.25) is 5.15 Å². The number of rotatable bonds is 5. The second kappa shape index (κ2) is 8.00. The summed E-state index contributed by atoms with van der Waals surface area (Å²) in [5.41, 5.74) is 1.62. The molecule has 1 aliphatic heterocycles. The highest BCUT2D eigenvalue weighted by Gasteiger charge is 2.25. The average molecular weight is 411 g/mol. The highest BCUT2D eigenvalue weighted by Crippen LogP contribution is 2.24. The Labute approximate surface area is 164 Å². The van der Waals surface area contributed by atoms with Gasteiger partial charge in [-0.1, -0.05) is 23.7 Å². The second-order valence-corrected chi connectivity index (χ2v) is 8.77. The fraction of sp³-hybridized carbons (Fsp3) is 0.444. The predicted octanol–water partition coefficient (Wildman–Crippen LogP) is 2.49. The summed E-state index contributed by atoms with van der Waals surface area (Å²) in [4.78, 5) is 14.5. The first-order chi connectivity index (χ1) is 12.8. The van der Waals surface area contributed by atoms with Crippen molar-refractivity contribution in [3.05, 3.63) is 46.2 Å². The van der Waals surface area contributed by atoms with Crippen molar-refractivity contribution in [3.63, 3.8) is 0 Å². The van der Waals surface area contributed by atoms with E-state index in [0.717, 1.165) is 32.4 Å². The van der Waals surface area contributed by atoms with Gasteiger partial charge in [0.05, 0.1) is 5.69 Å². The van der Waals surface area contributed by atoms with E-state index in [0.29, 0.717) is 16.8 Å². The van der Waals surface area contributed by atoms with Gasteiger partial charge in [0.25, 0.3) is 5.91 Å². The number of aryl methyl sites for hydroxylation is 2. The number of carbonyl (C=O) groups excluding carboxylic acids is 1. The van der Waals surface area contributed by atoms with E-state index >= 15 is 0 Å². The minimum Gasteiger partial charge on any atom is -0.339 e. The smallest absolute Gasteiger partial charge is 0.253 e. The summed E-state index contributed by atoms with van der Waals surface area (Å²) in [7, 11) is -2.23. The number of nitrogens with zero attached hydrogens (tertiary/aromatic N) is 3. The molecule has 0 bridgehead atoms. The van der Waals surface area contributed by atoms with E-state index in [9.17, 15) is 13.2 Å². The summed E-state index contributed by atoms with van der Waals surface area (Å²) in [5.74, 6) is -0.00874. The number of aromatic nitrogens is 2. The van der Waals surface area contributed by atoms with Gasteiger partial charge in [0.15, 0.2) is 0 Å². The monoisotopic (exact) mass is 410 g/mol. The molecule has 1 aliphatic rings. The molecule has 0 saturated carbocycles. The minimum absolute atomic E-state index is 0.00874. The molecule has 1 aromatic heterocycles. The standard InChI is InChI=1S/C18H23ClN4O3S/c1-13-16(17(19)22(2)21-13)27(25,26)20-12-14-7-6-8-15(11-14)18(24)23-9-4-3-5-10-23/h6-8,11,20H,3-5,9-10,12H2,1-2H3. The van der Waals surface area contributed by atoms with Crippen molar-refractivity contribution >= 4 is 27.5 Å². The van der Waals surface area contributed by atoms with Gasteiger partial charge in [0.1, 0.15) is 10.0 Å². The van der Waals surface area contributed by atoms with E-state index in [1.165, 1.54) is 4.68 Å². The molecular formula is C18H23ClN4O3S. The molecule has 0 atom stereocenters. The summed E-state index contributed by atoms with van der Waals surface area (Å²) in [6.45, 7) is 3.20. The Balaban J connectivity index is 1.74. The summed E-state index contributed by atoms with van der Waals surface area (Å²) in [6, 6.07) is 7.05. The van der Waals surface area contributed by atoms with Gasteiger partial charge in [-0.05, 0) is 43.9 Å². The van der Waals surface area contributed by atoms with Crippen LogP contribution in [0.3, 0.4) is 0 Å². The quantitative estimate of drug-likeness (QED) is 0.820. The van der Waals surface area contributed by atoms with Gasteiger partial charge < -0.3 is 4.90 Å². The Bertz CT molecular complexity index is 950. The van der Waals surface area contributed by atoms with Crippen molar-refractivity contribution in [2.75, 3.05) is 13.1 Å². The third-order valence-corrected chi connectivity index (χ3v) is 6.75. The van der Waals surface area contributed by atoms with Crippen molar-refractivity contribution in [1.29, 1.82) is 0 Å². The van der Waals surface area contributed by atoms with Gasteiger partial charge >= 0.3 is 0 Å². The maximum Gasteiger partial charge on any atom is 0.253 e. The molecule has 0 unspecified atom stereocenters. The normalized spacial score (nSPS) is 15.1. The lowest BCUT2D eigenvalue weighted by atomic mass is 10.1. The van der Waals surface area contributed by atoms with Crippen LogP contribution in [0.5, 0.6) is 0 Å². The molecule has 2 heterocycles. The van der Waals surface area contributed by atoms with Crippen LogP contribution in [0, 0.1) is 6.92 Å². The molecule has 3 rings (SSSR count). The number of nitrogens with one attached hydrogen (secondary N) is 1. The number of carbonyl (C=O) groups is 1. The Hall–Kier alpha value is -1.90. The van der Waals surface area contributed by atoms with Crippen molar-refractivity contribution < 1.29 is 13.2 Å². The molecule has 1 fully saturated rings. The summed E-state index contributed by atoms with van der Waals surface area (Å²) in [5, 5.41) is 4.10. The van der Waals surface area contributed by atoms with Gasteiger partial charge in [-0.15, -0.1) is 0 Å². The zero-order chi connectivity index (χ0) is 19.6.